The van der Waals surface area contributed by atoms with Crippen molar-refractivity contribution in [3.63, 3.8) is 0 Å². The van der Waals surface area contributed by atoms with E-state index in [1.807, 2.05) is 12.1 Å². The molecular formula is C10H11NO. The molecular weight excluding hydrogens is 150 g/mol. The molecule has 1 aromatic carbocycles. The molecule has 0 aliphatic heterocycles. The summed E-state index contributed by atoms with van der Waals surface area (Å²) in [6, 6.07) is 6.06. The highest BCUT2D eigenvalue weighted by Gasteiger charge is 2.01. The van der Waals surface area contributed by atoms with Crippen molar-refractivity contribution in [3.05, 3.63) is 35.6 Å². The molecule has 0 atom stereocenters. The number of aryl methyl sites for hydroxylation is 1. The fraction of sp³-hybridized carbons (Fsp3) is 0.200. The third kappa shape index (κ3) is 1.01. The maximum Gasteiger partial charge on any atom is 0.134 e. The predicted molar refractivity (Wildman–Crippen MR) is 48.8 cm³/mol. The van der Waals surface area contributed by atoms with E-state index in [4.69, 9.17) is 10.2 Å². The second-order valence-corrected chi connectivity index (χ2v) is 2.94. The Labute approximate surface area is 71.0 Å². The summed E-state index contributed by atoms with van der Waals surface area (Å²) in [6.07, 6.45) is 1.70. The Kier molecular flexibility index (Phi) is 1.62. The molecule has 0 saturated heterocycles. The minimum Gasteiger partial charge on any atom is -0.464 e. The summed E-state index contributed by atoms with van der Waals surface area (Å²) >= 11 is 0. The summed E-state index contributed by atoms with van der Waals surface area (Å²) in [5, 5.41) is 1.14. The standard InChI is InChI=1S/C10H11NO/c1-7-4-8-2-3-12-10(8)5-9(7)6-11/h2-5H,6,11H2,1H3. The van der Waals surface area contributed by atoms with E-state index in [2.05, 4.69) is 13.0 Å². The highest BCUT2D eigenvalue weighted by atomic mass is 16.3. The number of hydrogen-bond donors (Lipinski definition) is 1. The van der Waals surface area contributed by atoms with Crippen LogP contribution in [0.5, 0.6) is 0 Å². The first-order chi connectivity index (χ1) is 5.81. The van der Waals surface area contributed by atoms with Gasteiger partial charge >= 0.3 is 0 Å². The van der Waals surface area contributed by atoms with Gasteiger partial charge in [0, 0.05) is 11.9 Å². The van der Waals surface area contributed by atoms with E-state index in [-0.39, 0.29) is 0 Å². The van der Waals surface area contributed by atoms with Crippen LogP contribution in [0.25, 0.3) is 11.0 Å². The molecule has 12 heavy (non-hydrogen) atoms. The smallest absolute Gasteiger partial charge is 0.134 e. The van der Waals surface area contributed by atoms with Gasteiger partial charge in [-0.1, -0.05) is 0 Å². The van der Waals surface area contributed by atoms with Gasteiger partial charge < -0.3 is 10.2 Å². The average Bonchev–Trinajstić information content (AvgIpc) is 2.49. The number of benzene rings is 1. The summed E-state index contributed by atoms with van der Waals surface area (Å²) in [4.78, 5) is 0. The van der Waals surface area contributed by atoms with Crippen LogP contribution < -0.4 is 5.73 Å². The van der Waals surface area contributed by atoms with E-state index in [1.165, 1.54) is 5.56 Å². The quantitative estimate of drug-likeness (QED) is 0.696. The first kappa shape index (κ1) is 7.37. The van der Waals surface area contributed by atoms with Crippen LogP contribution in [0.1, 0.15) is 11.1 Å². The molecule has 0 spiro atoms. The Morgan fingerprint density at radius 3 is 3.00 bits per heavy atom. The van der Waals surface area contributed by atoms with Crippen LogP contribution in [0.2, 0.25) is 0 Å². The Morgan fingerprint density at radius 2 is 2.25 bits per heavy atom. The molecule has 0 radical (unpaired) electrons. The lowest BCUT2D eigenvalue weighted by molar-refractivity contribution is 0.615. The summed E-state index contributed by atoms with van der Waals surface area (Å²) in [5.41, 5.74) is 8.86. The fourth-order valence-electron chi connectivity index (χ4n) is 1.39. The first-order valence-corrected chi connectivity index (χ1v) is 3.98. The molecule has 2 N–H and O–H groups in total. The van der Waals surface area contributed by atoms with Crippen molar-refractivity contribution < 1.29 is 4.42 Å². The Bertz CT molecular complexity index is 403. The van der Waals surface area contributed by atoms with Gasteiger partial charge in [0.15, 0.2) is 0 Å². The lowest BCUT2D eigenvalue weighted by Crippen LogP contribution is -1.98. The van der Waals surface area contributed by atoms with Crippen LogP contribution in [0, 0.1) is 6.92 Å². The molecule has 1 heterocycles. The van der Waals surface area contributed by atoms with Crippen molar-refractivity contribution in [1.29, 1.82) is 0 Å². The molecule has 0 saturated carbocycles. The van der Waals surface area contributed by atoms with Crippen LogP contribution >= 0.6 is 0 Å². The van der Waals surface area contributed by atoms with Gasteiger partial charge in [0.2, 0.25) is 0 Å². The SMILES string of the molecule is Cc1cc2ccoc2cc1CN. The molecule has 0 aliphatic carbocycles. The molecule has 1 aromatic heterocycles. The maximum atomic E-state index is 5.57. The normalized spacial score (nSPS) is 10.8. The molecule has 0 amide bonds. The van der Waals surface area contributed by atoms with Gasteiger partial charge in [-0.05, 0) is 36.2 Å². The van der Waals surface area contributed by atoms with E-state index in [1.54, 1.807) is 6.26 Å². The minimum absolute atomic E-state index is 0.572. The average molecular weight is 161 g/mol. The molecule has 0 aliphatic rings. The van der Waals surface area contributed by atoms with Gasteiger partial charge in [0.25, 0.3) is 0 Å². The zero-order valence-corrected chi connectivity index (χ0v) is 7.00. The topological polar surface area (TPSA) is 39.2 Å². The Hall–Kier alpha value is -1.28. The van der Waals surface area contributed by atoms with Gasteiger partial charge in [0.1, 0.15) is 5.58 Å². The fourth-order valence-corrected chi connectivity index (χ4v) is 1.39. The monoisotopic (exact) mass is 161 g/mol. The van der Waals surface area contributed by atoms with Crippen molar-refractivity contribution in [1.82, 2.24) is 0 Å². The van der Waals surface area contributed by atoms with E-state index in [0.717, 1.165) is 16.5 Å². The summed E-state index contributed by atoms with van der Waals surface area (Å²) < 4.78 is 5.26. The Balaban J connectivity index is 2.73. The van der Waals surface area contributed by atoms with E-state index in [0.29, 0.717) is 6.54 Å². The van der Waals surface area contributed by atoms with Crippen LogP contribution in [-0.2, 0) is 6.54 Å². The van der Waals surface area contributed by atoms with E-state index >= 15 is 0 Å². The summed E-state index contributed by atoms with van der Waals surface area (Å²) in [5.74, 6) is 0. The van der Waals surface area contributed by atoms with Crippen molar-refractivity contribution in [2.75, 3.05) is 0 Å². The molecule has 2 rings (SSSR count). The second kappa shape index (κ2) is 2.64. The van der Waals surface area contributed by atoms with Gasteiger partial charge in [-0.25, -0.2) is 0 Å². The van der Waals surface area contributed by atoms with Crippen LogP contribution in [0.4, 0.5) is 0 Å². The van der Waals surface area contributed by atoms with Gasteiger partial charge in [-0.3, -0.25) is 0 Å². The van der Waals surface area contributed by atoms with Crippen LogP contribution in [0.15, 0.2) is 28.9 Å². The lowest BCUT2D eigenvalue weighted by atomic mass is 10.1. The number of hydrogen-bond acceptors (Lipinski definition) is 2. The number of fused-ring (bicyclic) bond motifs is 1. The molecule has 2 aromatic rings. The third-order valence-electron chi connectivity index (χ3n) is 2.13. The summed E-state index contributed by atoms with van der Waals surface area (Å²) in [6.45, 7) is 2.64. The van der Waals surface area contributed by atoms with E-state index in [9.17, 15) is 0 Å². The molecule has 0 bridgehead atoms. The molecule has 0 unspecified atom stereocenters. The number of rotatable bonds is 1. The van der Waals surface area contributed by atoms with Crippen LogP contribution in [-0.4, -0.2) is 0 Å². The zero-order valence-electron chi connectivity index (χ0n) is 7.00. The first-order valence-electron chi connectivity index (χ1n) is 3.98. The number of nitrogens with two attached hydrogens (primary N) is 1. The van der Waals surface area contributed by atoms with Gasteiger partial charge in [-0.15, -0.1) is 0 Å². The molecule has 2 heteroatoms. The molecule has 0 fully saturated rings. The minimum atomic E-state index is 0.572. The zero-order chi connectivity index (χ0) is 8.55. The van der Waals surface area contributed by atoms with Gasteiger partial charge in [-0.2, -0.15) is 0 Å². The van der Waals surface area contributed by atoms with Crippen molar-refractivity contribution >= 4 is 11.0 Å². The lowest BCUT2D eigenvalue weighted by Gasteiger charge is -2.01. The third-order valence-corrected chi connectivity index (χ3v) is 2.13. The number of furan rings is 1. The van der Waals surface area contributed by atoms with Crippen molar-refractivity contribution in [2.24, 2.45) is 5.73 Å². The Morgan fingerprint density at radius 1 is 1.42 bits per heavy atom. The second-order valence-electron chi connectivity index (χ2n) is 2.94. The maximum absolute atomic E-state index is 5.57. The molecule has 2 nitrogen and oxygen atoms in total. The van der Waals surface area contributed by atoms with Gasteiger partial charge in [0.05, 0.1) is 6.26 Å². The van der Waals surface area contributed by atoms with Crippen molar-refractivity contribution in [3.8, 4) is 0 Å². The van der Waals surface area contributed by atoms with Crippen molar-refractivity contribution in [2.45, 2.75) is 13.5 Å². The highest BCUT2D eigenvalue weighted by molar-refractivity contribution is 5.78. The molecule has 62 valence electrons. The van der Waals surface area contributed by atoms with E-state index < -0.39 is 0 Å². The summed E-state index contributed by atoms with van der Waals surface area (Å²) in [7, 11) is 0. The highest BCUT2D eigenvalue weighted by Crippen LogP contribution is 2.20. The largest absolute Gasteiger partial charge is 0.464 e. The van der Waals surface area contributed by atoms with Crippen LogP contribution in [0.3, 0.4) is 0 Å². The predicted octanol–water partition coefficient (Wildman–Crippen LogP) is 2.20.